The minimum absolute atomic E-state index is 0.139. The molecule has 1 atom stereocenters. The van der Waals surface area contributed by atoms with Crippen molar-refractivity contribution in [3.8, 4) is 0 Å². The average molecular weight is 376 g/mol. The number of hydrogen-bond acceptors (Lipinski definition) is 3. The van der Waals surface area contributed by atoms with Crippen LogP contribution in [0.4, 0.5) is 10.1 Å². The first-order valence-electron chi connectivity index (χ1n) is 9.54. The molecule has 0 aliphatic carbocycles. The summed E-state index contributed by atoms with van der Waals surface area (Å²) in [7, 11) is 0. The molecule has 2 heterocycles. The van der Waals surface area contributed by atoms with Crippen molar-refractivity contribution in [1.82, 2.24) is 4.98 Å². The van der Waals surface area contributed by atoms with Gasteiger partial charge in [-0.15, -0.1) is 0 Å². The van der Waals surface area contributed by atoms with E-state index in [2.05, 4.69) is 17.2 Å². The predicted molar refractivity (Wildman–Crippen MR) is 101 cm³/mol. The van der Waals surface area contributed by atoms with Crippen molar-refractivity contribution >= 4 is 28.5 Å². The molecule has 7 heteroatoms. The zero-order valence-corrected chi connectivity index (χ0v) is 16.0. The van der Waals surface area contributed by atoms with Gasteiger partial charge in [-0.25, -0.2) is 9.18 Å². The van der Waals surface area contributed by atoms with Crippen LogP contribution in [0.1, 0.15) is 44.1 Å². The standard InChI is InChI=1S/C20H26FN3O3/c1-4-27-20(26)18-17(15-11-14(21)5-6-16(15)22-18)23-19(25)13(3)24-9-7-12(2)8-10-24/h5-6,11-13,22H,4,7-10H2,1-3H3,(H,23,25)/p+1/t13-/m1/s1. The summed E-state index contributed by atoms with van der Waals surface area (Å²) in [5.41, 5.74) is 0.992. The second-order valence-corrected chi connectivity index (χ2v) is 7.34. The Balaban J connectivity index is 1.87. The molecule has 1 aliphatic heterocycles. The number of nitrogens with one attached hydrogen (secondary N) is 3. The second kappa shape index (κ2) is 8.08. The molecule has 0 spiro atoms. The van der Waals surface area contributed by atoms with Crippen LogP contribution in [-0.4, -0.2) is 42.6 Å². The minimum atomic E-state index is -0.573. The van der Waals surface area contributed by atoms with Gasteiger partial charge in [0.1, 0.15) is 11.5 Å². The highest BCUT2D eigenvalue weighted by atomic mass is 19.1. The van der Waals surface area contributed by atoms with Gasteiger partial charge in [0, 0.05) is 10.9 Å². The van der Waals surface area contributed by atoms with Crippen LogP contribution < -0.4 is 10.2 Å². The molecule has 1 aliphatic rings. The highest BCUT2D eigenvalue weighted by molar-refractivity contribution is 6.11. The van der Waals surface area contributed by atoms with E-state index in [0.717, 1.165) is 25.9 Å². The summed E-state index contributed by atoms with van der Waals surface area (Å²) >= 11 is 0. The Morgan fingerprint density at radius 1 is 1.37 bits per heavy atom. The molecule has 1 amide bonds. The molecule has 1 saturated heterocycles. The third kappa shape index (κ3) is 4.13. The van der Waals surface area contributed by atoms with E-state index >= 15 is 0 Å². The maximum absolute atomic E-state index is 13.8. The molecule has 1 fully saturated rings. The second-order valence-electron chi connectivity index (χ2n) is 7.34. The summed E-state index contributed by atoms with van der Waals surface area (Å²) in [4.78, 5) is 29.3. The summed E-state index contributed by atoms with van der Waals surface area (Å²) in [6.07, 6.45) is 2.19. The lowest BCUT2D eigenvalue weighted by Crippen LogP contribution is -3.17. The average Bonchev–Trinajstić information content (AvgIpc) is 3.00. The van der Waals surface area contributed by atoms with E-state index in [9.17, 15) is 14.0 Å². The van der Waals surface area contributed by atoms with Crippen LogP contribution in [0.5, 0.6) is 0 Å². The van der Waals surface area contributed by atoms with Gasteiger partial charge in [0.2, 0.25) is 0 Å². The van der Waals surface area contributed by atoms with E-state index in [-0.39, 0.29) is 29.9 Å². The SMILES string of the molecule is CCOC(=O)c1[nH]c2ccc(F)cc2c1NC(=O)[C@@H](C)[NH+]1CCC(C)CC1. The first kappa shape index (κ1) is 19.4. The van der Waals surface area contributed by atoms with E-state index in [1.54, 1.807) is 13.0 Å². The van der Waals surface area contributed by atoms with Crippen LogP contribution >= 0.6 is 0 Å². The fraction of sp³-hybridized carbons (Fsp3) is 0.500. The van der Waals surface area contributed by atoms with E-state index < -0.39 is 11.8 Å². The summed E-state index contributed by atoms with van der Waals surface area (Å²) in [6.45, 7) is 7.93. The highest BCUT2D eigenvalue weighted by Gasteiger charge is 2.30. The maximum atomic E-state index is 13.8. The number of benzene rings is 1. The summed E-state index contributed by atoms with van der Waals surface area (Å²) < 4.78 is 18.8. The summed E-state index contributed by atoms with van der Waals surface area (Å²) in [5.74, 6) is -0.501. The molecule has 1 aromatic heterocycles. The minimum Gasteiger partial charge on any atom is -0.461 e. The van der Waals surface area contributed by atoms with Crippen LogP contribution in [-0.2, 0) is 9.53 Å². The molecule has 0 bridgehead atoms. The Kier molecular flexibility index (Phi) is 5.79. The third-order valence-electron chi connectivity index (χ3n) is 5.41. The van der Waals surface area contributed by atoms with Gasteiger partial charge in [-0.2, -0.15) is 0 Å². The Morgan fingerprint density at radius 3 is 2.74 bits per heavy atom. The number of halogens is 1. The normalized spacial score (nSPS) is 21.0. The molecular weight excluding hydrogens is 349 g/mol. The third-order valence-corrected chi connectivity index (χ3v) is 5.41. The smallest absolute Gasteiger partial charge is 0.356 e. The van der Waals surface area contributed by atoms with Crippen molar-refractivity contribution in [3.05, 3.63) is 29.7 Å². The quantitative estimate of drug-likeness (QED) is 0.700. The molecule has 146 valence electrons. The fourth-order valence-electron chi connectivity index (χ4n) is 3.63. The lowest BCUT2D eigenvalue weighted by molar-refractivity contribution is -0.919. The zero-order chi connectivity index (χ0) is 19.6. The molecular formula is C20H27FN3O3+. The highest BCUT2D eigenvalue weighted by Crippen LogP contribution is 2.29. The molecule has 3 N–H and O–H groups in total. The largest absolute Gasteiger partial charge is 0.461 e. The number of amides is 1. The molecule has 2 aromatic rings. The Hall–Kier alpha value is -2.41. The number of ether oxygens (including phenoxy) is 1. The molecule has 6 nitrogen and oxygen atoms in total. The fourth-order valence-corrected chi connectivity index (χ4v) is 3.63. The molecule has 3 rings (SSSR count). The number of H-pyrrole nitrogens is 1. The van der Waals surface area contributed by atoms with Crippen molar-refractivity contribution in [3.63, 3.8) is 0 Å². The molecule has 27 heavy (non-hydrogen) atoms. The van der Waals surface area contributed by atoms with Crippen molar-refractivity contribution in [2.45, 2.75) is 39.7 Å². The van der Waals surface area contributed by atoms with E-state index in [1.807, 2.05) is 6.92 Å². The monoisotopic (exact) mass is 376 g/mol. The Morgan fingerprint density at radius 2 is 2.07 bits per heavy atom. The number of aromatic nitrogens is 1. The van der Waals surface area contributed by atoms with Gasteiger partial charge in [-0.1, -0.05) is 6.92 Å². The number of carbonyl (C=O) groups excluding carboxylic acids is 2. The van der Waals surface area contributed by atoms with Crippen LogP contribution in [0.3, 0.4) is 0 Å². The van der Waals surface area contributed by atoms with Crippen LogP contribution in [0.15, 0.2) is 18.2 Å². The lowest BCUT2D eigenvalue weighted by Gasteiger charge is -2.31. The molecule has 0 unspecified atom stereocenters. The number of hydrogen-bond donors (Lipinski definition) is 3. The first-order valence-corrected chi connectivity index (χ1v) is 9.54. The topological polar surface area (TPSA) is 75.6 Å². The number of likely N-dealkylation sites (tertiary alicyclic amines) is 1. The predicted octanol–water partition coefficient (Wildman–Crippen LogP) is 2.13. The van der Waals surface area contributed by atoms with Gasteiger partial charge < -0.3 is 19.9 Å². The molecule has 0 radical (unpaired) electrons. The van der Waals surface area contributed by atoms with Gasteiger partial charge in [-0.3, -0.25) is 4.79 Å². The number of aromatic amines is 1. The van der Waals surface area contributed by atoms with Crippen molar-refractivity contribution in [2.75, 3.05) is 25.0 Å². The van der Waals surface area contributed by atoms with Crippen LogP contribution in [0.25, 0.3) is 10.9 Å². The van der Waals surface area contributed by atoms with Gasteiger partial charge in [-0.05, 0) is 50.8 Å². The first-order chi connectivity index (χ1) is 12.9. The summed E-state index contributed by atoms with van der Waals surface area (Å²) in [6, 6.07) is 3.90. The van der Waals surface area contributed by atoms with E-state index in [4.69, 9.17) is 4.74 Å². The number of anilines is 1. The Bertz CT molecular complexity index is 840. The van der Waals surface area contributed by atoms with E-state index in [0.29, 0.717) is 16.8 Å². The number of piperidine rings is 1. The van der Waals surface area contributed by atoms with Crippen LogP contribution in [0.2, 0.25) is 0 Å². The molecule has 0 saturated carbocycles. The number of quaternary nitrogens is 1. The molecule has 1 aromatic carbocycles. The number of carbonyl (C=O) groups is 2. The zero-order valence-electron chi connectivity index (χ0n) is 16.0. The summed E-state index contributed by atoms with van der Waals surface area (Å²) in [5, 5.41) is 3.31. The van der Waals surface area contributed by atoms with Gasteiger partial charge in [0.25, 0.3) is 5.91 Å². The van der Waals surface area contributed by atoms with Gasteiger partial charge >= 0.3 is 5.97 Å². The van der Waals surface area contributed by atoms with Crippen molar-refractivity contribution < 1.29 is 23.6 Å². The number of rotatable bonds is 5. The van der Waals surface area contributed by atoms with Crippen LogP contribution in [0, 0.1) is 11.7 Å². The van der Waals surface area contributed by atoms with Crippen molar-refractivity contribution in [1.29, 1.82) is 0 Å². The van der Waals surface area contributed by atoms with Gasteiger partial charge in [0.05, 0.1) is 25.4 Å². The number of fused-ring (bicyclic) bond motifs is 1. The maximum Gasteiger partial charge on any atom is 0.356 e. The Labute approximate surface area is 158 Å². The van der Waals surface area contributed by atoms with Crippen molar-refractivity contribution in [2.24, 2.45) is 5.92 Å². The van der Waals surface area contributed by atoms with E-state index in [1.165, 1.54) is 17.0 Å². The lowest BCUT2D eigenvalue weighted by atomic mass is 9.98. The van der Waals surface area contributed by atoms with Gasteiger partial charge in [0.15, 0.2) is 6.04 Å². The number of esters is 1.